The van der Waals surface area contributed by atoms with E-state index in [1.807, 2.05) is 73.0 Å². The number of hydrogen-bond acceptors (Lipinski definition) is 5. The summed E-state index contributed by atoms with van der Waals surface area (Å²) in [5.74, 6) is 0.783. The zero-order valence-electron chi connectivity index (χ0n) is 19.4. The normalized spacial score (nSPS) is 11.5. The predicted molar refractivity (Wildman–Crippen MR) is 142 cm³/mol. The summed E-state index contributed by atoms with van der Waals surface area (Å²) in [6.07, 6.45) is 1.86. The Kier molecular flexibility index (Phi) is 6.41. The molecule has 7 heteroatoms. The summed E-state index contributed by atoms with van der Waals surface area (Å²) in [7, 11) is 0. The van der Waals surface area contributed by atoms with Gasteiger partial charge in [0.2, 0.25) is 4.96 Å². The van der Waals surface area contributed by atoms with Gasteiger partial charge in [-0.1, -0.05) is 72.3 Å². The van der Waals surface area contributed by atoms with E-state index in [0.29, 0.717) is 17.1 Å². The van der Waals surface area contributed by atoms with Gasteiger partial charge in [0.25, 0.3) is 11.9 Å². The maximum atomic E-state index is 13.4. The Balaban J connectivity index is 1.44. The topological polar surface area (TPSA) is 68.5 Å². The van der Waals surface area contributed by atoms with Gasteiger partial charge in [-0.3, -0.25) is 10.1 Å². The molecule has 35 heavy (non-hydrogen) atoms. The maximum absolute atomic E-state index is 13.4. The molecule has 6 nitrogen and oxygen atoms in total. The molecule has 2 heterocycles. The second-order valence-corrected chi connectivity index (χ2v) is 8.83. The van der Waals surface area contributed by atoms with Crippen LogP contribution in [0.5, 0.6) is 5.75 Å². The predicted octanol–water partition coefficient (Wildman–Crippen LogP) is 6.34. The average Bonchev–Trinajstić information content (AvgIpc) is 3.45. The summed E-state index contributed by atoms with van der Waals surface area (Å²) >= 11 is 1.49. The molecule has 0 saturated heterocycles. The van der Waals surface area contributed by atoms with Crippen molar-refractivity contribution in [3.05, 3.63) is 101 Å². The lowest BCUT2D eigenvalue weighted by molar-refractivity contribution is -0.111. The molecule has 0 saturated carbocycles. The van der Waals surface area contributed by atoms with E-state index in [9.17, 15) is 4.79 Å². The van der Waals surface area contributed by atoms with Crippen molar-refractivity contribution >= 4 is 39.8 Å². The summed E-state index contributed by atoms with van der Waals surface area (Å²) in [5, 5.41) is 9.48. The SMILES string of the molecule is CCOc1ccc(/C=C(/C(=O)Nc2nc3scc(-c4ccc(C)cc4)n3n2)c2ccccc2)cc1. The van der Waals surface area contributed by atoms with Crippen molar-refractivity contribution in [2.75, 3.05) is 11.9 Å². The summed E-state index contributed by atoms with van der Waals surface area (Å²) in [5.41, 5.74) is 5.39. The van der Waals surface area contributed by atoms with E-state index in [-0.39, 0.29) is 11.9 Å². The van der Waals surface area contributed by atoms with Gasteiger partial charge >= 0.3 is 0 Å². The number of aromatic nitrogens is 3. The van der Waals surface area contributed by atoms with Crippen LogP contribution in [0.4, 0.5) is 5.95 Å². The average molecular weight is 481 g/mol. The first kappa shape index (κ1) is 22.6. The molecule has 0 aliphatic heterocycles. The van der Waals surface area contributed by atoms with Gasteiger partial charge in [-0.25, -0.2) is 4.52 Å². The lowest BCUT2D eigenvalue weighted by Crippen LogP contribution is -2.15. The van der Waals surface area contributed by atoms with E-state index in [4.69, 9.17) is 4.74 Å². The highest BCUT2D eigenvalue weighted by atomic mass is 32.1. The van der Waals surface area contributed by atoms with Crippen molar-refractivity contribution in [3.63, 3.8) is 0 Å². The highest BCUT2D eigenvalue weighted by Gasteiger charge is 2.17. The van der Waals surface area contributed by atoms with Crippen LogP contribution < -0.4 is 10.1 Å². The molecule has 2 aromatic heterocycles. The minimum atomic E-state index is -0.278. The third kappa shape index (κ3) is 5.00. The van der Waals surface area contributed by atoms with Crippen molar-refractivity contribution in [3.8, 4) is 17.0 Å². The van der Waals surface area contributed by atoms with Gasteiger partial charge in [-0.05, 0) is 43.2 Å². The smallest absolute Gasteiger partial charge is 0.258 e. The summed E-state index contributed by atoms with van der Waals surface area (Å²) in [6, 6.07) is 25.5. The number of thiazole rings is 1. The molecule has 0 unspecified atom stereocenters. The highest BCUT2D eigenvalue weighted by molar-refractivity contribution is 7.15. The van der Waals surface area contributed by atoms with Crippen molar-refractivity contribution in [2.24, 2.45) is 0 Å². The lowest BCUT2D eigenvalue weighted by atomic mass is 10.0. The second kappa shape index (κ2) is 9.95. The fraction of sp³-hybridized carbons (Fsp3) is 0.107. The van der Waals surface area contributed by atoms with Crippen LogP contribution >= 0.6 is 11.3 Å². The van der Waals surface area contributed by atoms with E-state index >= 15 is 0 Å². The van der Waals surface area contributed by atoms with E-state index < -0.39 is 0 Å². The van der Waals surface area contributed by atoms with Gasteiger partial charge in [0.1, 0.15) is 5.75 Å². The molecule has 0 aliphatic carbocycles. The molecule has 0 radical (unpaired) electrons. The quantitative estimate of drug-likeness (QED) is 0.218. The lowest BCUT2D eigenvalue weighted by Gasteiger charge is -2.08. The number of nitrogens with zero attached hydrogens (tertiary/aromatic N) is 3. The zero-order chi connectivity index (χ0) is 24.2. The molecule has 0 bridgehead atoms. The molecule has 1 amide bonds. The Labute approximate surface area is 207 Å². The number of amides is 1. The summed E-state index contributed by atoms with van der Waals surface area (Å²) in [6.45, 7) is 4.61. The van der Waals surface area contributed by atoms with E-state index in [0.717, 1.165) is 28.1 Å². The number of fused-ring (bicyclic) bond motifs is 1. The first-order valence-corrected chi connectivity index (χ1v) is 12.2. The standard InChI is InChI=1S/C28H24N4O2S/c1-3-34-23-15-11-20(12-16-23)17-24(21-7-5-4-6-8-21)26(33)29-27-30-28-32(31-27)25(18-35-28)22-13-9-19(2)10-14-22/h4-18H,3H2,1-2H3,(H,29,31,33)/b24-17+. The van der Waals surface area contributed by atoms with Gasteiger partial charge < -0.3 is 4.74 Å². The Morgan fingerprint density at radius 1 is 1.03 bits per heavy atom. The number of ether oxygens (including phenoxy) is 1. The van der Waals surface area contributed by atoms with Crippen LogP contribution in [0, 0.1) is 6.92 Å². The molecular formula is C28H24N4O2S. The van der Waals surface area contributed by atoms with Crippen LogP contribution in [0.1, 0.15) is 23.6 Å². The summed E-state index contributed by atoms with van der Waals surface area (Å²) < 4.78 is 7.29. The van der Waals surface area contributed by atoms with Gasteiger partial charge in [0.05, 0.1) is 12.3 Å². The molecule has 0 atom stereocenters. The number of anilines is 1. The van der Waals surface area contributed by atoms with Crippen LogP contribution in [0.25, 0.3) is 27.9 Å². The van der Waals surface area contributed by atoms with Crippen LogP contribution in [-0.4, -0.2) is 27.1 Å². The highest BCUT2D eigenvalue weighted by Crippen LogP contribution is 2.27. The van der Waals surface area contributed by atoms with Gasteiger partial charge in [-0.15, -0.1) is 16.4 Å². The van der Waals surface area contributed by atoms with Gasteiger partial charge in [0, 0.05) is 16.5 Å². The zero-order valence-corrected chi connectivity index (χ0v) is 20.3. The maximum Gasteiger partial charge on any atom is 0.258 e. The fourth-order valence-corrected chi connectivity index (χ4v) is 4.55. The number of benzene rings is 3. The second-order valence-electron chi connectivity index (χ2n) is 8.00. The molecule has 1 N–H and O–H groups in total. The molecule has 5 rings (SSSR count). The Morgan fingerprint density at radius 2 is 1.77 bits per heavy atom. The van der Waals surface area contributed by atoms with Crippen LogP contribution in [0.3, 0.4) is 0 Å². The molecule has 5 aromatic rings. The first-order chi connectivity index (χ1) is 17.1. The van der Waals surface area contributed by atoms with Crippen molar-refractivity contribution < 1.29 is 9.53 Å². The number of carbonyl (C=O) groups is 1. The first-order valence-electron chi connectivity index (χ1n) is 11.3. The van der Waals surface area contributed by atoms with E-state index in [2.05, 4.69) is 46.6 Å². The van der Waals surface area contributed by atoms with Crippen LogP contribution in [-0.2, 0) is 4.79 Å². The van der Waals surface area contributed by atoms with Crippen molar-refractivity contribution in [1.82, 2.24) is 14.6 Å². The number of carbonyl (C=O) groups excluding carboxylic acids is 1. The number of nitrogens with one attached hydrogen (secondary N) is 1. The Bertz CT molecular complexity index is 1480. The third-order valence-corrected chi connectivity index (χ3v) is 6.30. The molecule has 174 valence electrons. The molecule has 0 spiro atoms. The van der Waals surface area contributed by atoms with Crippen molar-refractivity contribution in [2.45, 2.75) is 13.8 Å². The van der Waals surface area contributed by atoms with Gasteiger partial charge in [0.15, 0.2) is 0 Å². The minimum Gasteiger partial charge on any atom is -0.494 e. The number of hydrogen-bond donors (Lipinski definition) is 1. The van der Waals surface area contributed by atoms with Crippen molar-refractivity contribution in [1.29, 1.82) is 0 Å². The fourth-order valence-electron chi connectivity index (χ4n) is 3.72. The Morgan fingerprint density at radius 3 is 2.49 bits per heavy atom. The van der Waals surface area contributed by atoms with Crippen LogP contribution in [0.2, 0.25) is 0 Å². The molecular weight excluding hydrogens is 456 g/mol. The van der Waals surface area contributed by atoms with Gasteiger partial charge in [-0.2, -0.15) is 4.98 Å². The molecule has 0 aliphatic rings. The number of rotatable bonds is 7. The molecule has 3 aromatic carbocycles. The minimum absolute atomic E-state index is 0.267. The largest absolute Gasteiger partial charge is 0.494 e. The monoisotopic (exact) mass is 480 g/mol. The van der Waals surface area contributed by atoms with Crippen LogP contribution in [0.15, 0.2) is 84.2 Å². The summed E-state index contributed by atoms with van der Waals surface area (Å²) in [4.78, 5) is 18.6. The molecule has 0 fully saturated rings. The number of aryl methyl sites for hydroxylation is 1. The third-order valence-electron chi connectivity index (χ3n) is 5.49. The van der Waals surface area contributed by atoms with E-state index in [1.54, 1.807) is 4.52 Å². The van der Waals surface area contributed by atoms with E-state index in [1.165, 1.54) is 16.9 Å². The Hall–Kier alpha value is -4.23.